The van der Waals surface area contributed by atoms with Gasteiger partial charge in [-0.2, -0.15) is 0 Å². The van der Waals surface area contributed by atoms with Gasteiger partial charge in [0.05, 0.1) is 6.10 Å². The molecule has 0 heterocycles. The van der Waals surface area contributed by atoms with Gasteiger partial charge in [-0.3, -0.25) is 0 Å². The normalized spacial score (nSPS) is 24.3. The van der Waals surface area contributed by atoms with E-state index < -0.39 is 0 Å². The van der Waals surface area contributed by atoms with Crippen LogP contribution in [0.25, 0.3) is 0 Å². The van der Waals surface area contributed by atoms with E-state index in [-0.39, 0.29) is 6.10 Å². The van der Waals surface area contributed by atoms with Crippen molar-refractivity contribution in [3.05, 3.63) is 0 Å². The van der Waals surface area contributed by atoms with Crippen molar-refractivity contribution in [2.75, 3.05) is 0 Å². The molecule has 1 heteroatoms. The Kier molecular flexibility index (Phi) is 2.35. The molecule has 0 bridgehead atoms. The predicted octanol–water partition coefficient (Wildman–Crippen LogP) is 2.34. The molecule has 1 aliphatic carbocycles. The van der Waals surface area contributed by atoms with Crippen LogP contribution in [0, 0.1) is 5.41 Å². The van der Waals surface area contributed by atoms with Crippen molar-refractivity contribution in [3.63, 3.8) is 0 Å². The van der Waals surface area contributed by atoms with Gasteiger partial charge >= 0.3 is 0 Å². The first-order valence-corrected chi connectivity index (χ1v) is 4.43. The third kappa shape index (κ3) is 1.34. The Bertz CT molecular complexity index is 105. The topological polar surface area (TPSA) is 20.2 Å². The lowest BCUT2D eigenvalue weighted by Crippen LogP contribution is -2.20. The molecule has 1 rings (SSSR count). The quantitative estimate of drug-likeness (QED) is 0.638. The third-order valence-corrected chi connectivity index (χ3v) is 2.73. The molecule has 1 aliphatic rings. The first-order chi connectivity index (χ1) is 4.75. The van der Waals surface area contributed by atoms with Crippen LogP contribution in [0.3, 0.4) is 0 Å². The maximum atomic E-state index is 9.58. The van der Waals surface area contributed by atoms with Crippen molar-refractivity contribution in [1.29, 1.82) is 0 Å². The van der Waals surface area contributed by atoms with Gasteiger partial charge in [-0.1, -0.05) is 20.3 Å². The standard InChI is InChI=1S/C9H18O/c1-3-5-9(6-7-9)8(10)4-2/h8,10H,3-7H2,1-2H3. The second kappa shape index (κ2) is 2.91. The van der Waals surface area contributed by atoms with Gasteiger partial charge in [-0.05, 0) is 31.1 Å². The predicted molar refractivity (Wildman–Crippen MR) is 42.9 cm³/mol. The summed E-state index contributed by atoms with van der Waals surface area (Å²) in [5.41, 5.74) is 0.365. The molecule has 0 saturated heterocycles. The average Bonchev–Trinajstić information content (AvgIpc) is 2.69. The number of rotatable bonds is 4. The molecule has 0 aliphatic heterocycles. The van der Waals surface area contributed by atoms with E-state index in [1.54, 1.807) is 0 Å². The molecule has 10 heavy (non-hydrogen) atoms. The highest BCUT2D eigenvalue weighted by Gasteiger charge is 2.46. The molecule has 0 amide bonds. The van der Waals surface area contributed by atoms with Crippen LogP contribution < -0.4 is 0 Å². The van der Waals surface area contributed by atoms with Gasteiger partial charge in [0.15, 0.2) is 0 Å². The molecule has 0 aromatic heterocycles. The number of hydrogen-bond donors (Lipinski definition) is 1. The fourth-order valence-electron chi connectivity index (χ4n) is 1.84. The van der Waals surface area contributed by atoms with Crippen LogP contribution in [0.15, 0.2) is 0 Å². The molecule has 1 fully saturated rings. The highest BCUT2D eigenvalue weighted by atomic mass is 16.3. The Morgan fingerprint density at radius 3 is 2.30 bits per heavy atom. The Morgan fingerprint density at radius 1 is 1.40 bits per heavy atom. The van der Waals surface area contributed by atoms with E-state index in [1.807, 2.05) is 0 Å². The minimum absolute atomic E-state index is 0.0209. The Balaban J connectivity index is 2.35. The van der Waals surface area contributed by atoms with Gasteiger partial charge in [0.1, 0.15) is 0 Å². The summed E-state index contributed by atoms with van der Waals surface area (Å²) < 4.78 is 0. The fourth-order valence-corrected chi connectivity index (χ4v) is 1.84. The summed E-state index contributed by atoms with van der Waals surface area (Å²) in [4.78, 5) is 0. The molecule has 0 aromatic rings. The van der Waals surface area contributed by atoms with Gasteiger partial charge < -0.3 is 5.11 Å². The van der Waals surface area contributed by atoms with E-state index in [2.05, 4.69) is 13.8 Å². The Morgan fingerprint density at radius 2 is 2.00 bits per heavy atom. The Hall–Kier alpha value is -0.0400. The van der Waals surface area contributed by atoms with Crippen molar-refractivity contribution < 1.29 is 5.11 Å². The van der Waals surface area contributed by atoms with E-state index in [4.69, 9.17) is 0 Å². The lowest BCUT2D eigenvalue weighted by molar-refractivity contribution is 0.0830. The van der Waals surface area contributed by atoms with Crippen LogP contribution in [-0.2, 0) is 0 Å². The van der Waals surface area contributed by atoms with E-state index in [1.165, 1.54) is 25.7 Å². The number of aliphatic hydroxyl groups excluding tert-OH is 1. The van der Waals surface area contributed by atoms with Crippen LogP contribution >= 0.6 is 0 Å². The van der Waals surface area contributed by atoms with Gasteiger partial charge in [0, 0.05) is 0 Å². The molecular formula is C9H18O. The first-order valence-electron chi connectivity index (χ1n) is 4.43. The summed E-state index contributed by atoms with van der Waals surface area (Å²) in [7, 11) is 0. The van der Waals surface area contributed by atoms with Crippen molar-refractivity contribution in [1.82, 2.24) is 0 Å². The van der Waals surface area contributed by atoms with Crippen LogP contribution in [0.5, 0.6) is 0 Å². The van der Waals surface area contributed by atoms with Crippen molar-refractivity contribution in [2.45, 2.75) is 52.1 Å². The Labute approximate surface area is 63.4 Å². The second-order valence-electron chi connectivity index (χ2n) is 3.54. The van der Waals surface area contributed by atoms with Gasteiger partial charge in [-0.25, -0.2) is 0 Å². The van der Waals surface area contributed by atoms with Gasteiger partial charge in [0.2, 0.25) is 0 Å². The van der Waals surface area contributed by atoms with Gasteiger partial charge in [0.25, 0.3) is 0 Å². The molecule has 60 valence electrons. The molecule has 0 spiro atoms. The third-order valence-electron chi connectivity index (χ3n) is 2.73. The first kappa shape index (κ1) is 8.06. The minimum atomic E-state index is -0.0209. The molecule has 1 saturated carbocycles. The summed E-state index contributed by atoms with van der Waals surface area (Å²) in [6.07, 6.45) is 5.87. The summed E-state index contributed by atoms with van der Waals surface area (Å²) in [5, 5.41) is 9.58. The zero-order valence-electron chi connectivity index (χ0n) is 7.06. The monoisotopic (exact) mass is 142 g/mol. The summed E-state index contributed by atoms with van der Waals surface area (Å²) in [6.45, 7) is 4.27. The average molecular weight is 142 g/mol. The maximum absolute atomic E-state index is 9.58. The molecular weight excluding hydrogens is 124 g/mol. The van der Waals surface area contributed by atoms with E-state index in [9.17, 15) is 5.11 Å². The van der Waals surface area contributed by atoms with Crippen molar-refractivity contribution >= 4 is 0 Å². The lowest BCUT2D eigenvalue weighted by atomic mass is 9.92. The molecule has 1 atom stereocenters. The molecule has 0 aromatic carbocycles. The number of hydrogen-bond acceptors (Lipinski definition) is 1. The van der Waals surface area contributed by atoms with Crippen LogP contribution in [0.1, 0.15) is 46.0 Å². The molecule has 0 radical (unpaired) electrons. The van der Waals surface area contributed by atoms with Crippen molar-refractivity contribution in [2.24, 2.45) is 5.41 Å². The van der Waals surface area contributed by atoms with E-state index in [0.717, 1.165) is 6.42 Å². The van der Waals surface area contributed by atoms with Crippen LogP contribution in [0.2, 0.25) is 0 Å². The largest absolute Gasteiger partial charge is 0.393 e. The SMILES string of the molecule is CCCC1(C(O)CC)CC1. The smallest absolute Gasteiger partial charge is 0.0593 e. The van der Waals surface area contributed by atoms with E-state index in [0.29, 0.717) is 5.41 Å². The minimum Gasteiger partial charge on any atom is -0.393 e. The lowest BCUT2D eigenvalue weighted by Gasteiger charge is -2.19. The highest BCUT2D eigenvalue weighted by Crippen LogP contribution is 2.53. The molecule has 1 nitrogen and oxygen atoms in total. The van der Waals surface area contributed by atoms with E-state index >= 15 is 0 Å². The van der Waals surface area contributed by atoms with Crippen molar-refractivity contribution in [3.8, 4) is 0 Å². The second-order valence-corrected chi connectivity index (χ2v) is 3.54. The summed E-state index contributed by atoms with van der Waals surface area (Å²) in [6, 6.07) is 0. The summed E-state index contributed by atoms with van der Waals surface area (Å²) >= 11 is 0. The molecule has 1 unspecified atom stereocenters. The maximum Gasteiger partial charge on any atom is 0.0593 e. The zero-order valence-corrected chi connectivity index (χ0v) is 7.06. The summed E-state index contributed by atoms with van der Waals surface area (Å²) in [5.74, 6) is 0. The van der Waals surface area contributed by atoms with Gasteiger partial charge in [-0.15, -0.1) is 0 Å². The van der Waals surface area contributed by atoms with Crippen LogP contribution in [-0.4, -0.2) is 11.2 Å². The fraction of sp³-hybridized carbons (Fsp3) is 1.00. The highest BCUT2D eigenvalue weighted by molar-refractivity contribution is 4.97. The number of aliphatic hydroxyl groups is 1. The molecule has 1 N–H and O–H groups in total. The van der Waals surface area contributed by atoms with Crippen LogP contribution in [0.4, 0.5) is 0 Å². The zero-order chi connectivity index (χ0) is 7.61.